The van der Waals surface area contributed by atoms with Crippen LogP contribution in [0.3, 0.4) is 0 Å². The van der Waals surface area contributed by atoms with Crippen LogP contribution in [0.2, 0.25) is 0 Å². The number of fused-ring (bicyclic) bond motifs is 1. The molecule has 4 heterocycles. The number of carbonyl (C=O) groups is 1. The molecule has 0 unspecified atom stereocenters. The van der Waals surface area contributed by atoms with Gasteiger partial charge in [-0.3, -0.25) is 10.00 Å². The van der Waals surface area contributed by atoms with E-state index >= 15 is 0 Å². The molecular weight excluding hydrogens is 397 g/mol. The van der Waals surface area contributed by atoms with Crippen LogP contribution in [0.1, 0.15) is 11.3 Å². The molecule has 160 valence electrons. The van der Waals surface area contributed by atoms with Gasteiger partial charge in [0.15, 0.2) is 5.82 Å². The number of amides is 2. The van der Waals surface area contributed by atoms with Crippen molar-refractivity contribution in [2.45, 2.75) is 19.6 Å². The van der Waals surface area contributed by atoms with Crippen molar-refractivity contribution in [3.63, 3.8) is 0 Å². The average Bonchev–Trinajstić information content (AvgIpc) is 3.31. The van der Waals surface area contributed by atoms with Gasteiger partial charge in [0.1, 0.15) is 5.82 Å². The lowest BCUT2D eigenvalue weighted by Gasteiger charge is -2.36. The Hall–Kier alpha value is -3.46. The molecule has 1 saturated heterocycles. The van der Waals surface area contributed by atoms with E-state index < -0.39 is 0 Å². The van der Waals surface area contributed by atoms with Crippen LogP contribution in [0.15, 0.2) is 42.6 Å². The van der Waals surface area contributed by atoms with Gasteiger partial charge in [0.05, 0.1) is 36.4 Å². The first-order valence-corrected chi connectivity index (χ1v) is 10.3. The van der Waals surface area contributed by atoms with Gasteiger partial charge in [-0.2, -0.15) is 5.10 Å². The molecule has 0 aliphatic carbocycles. The van der Waals surface area contributed by atoms with Crippen LogP contribution in [0.4, 0.5) is 20.7 Å². The van der Waals surface area contributed by atoms with Crippen LogP contribution < -0.4 is 11.1 Å². The summed E-state index contributed by atoms with van der Waals surface area (Å²) in [5, 5.41) is 7.34. The van der Waals surface area contributed by atoms with Gasteiger partial charge in [0.2, 0.25) is 0 Å². The minimum atomic E-state index is -0.316. The quantitative estimate of drug-likeness (QED) is 0.676. The van der Waals surface area contributed by atoms with Crippen molar-refractivity contribution >= 4 is 17.5 Å². The number of urea groups is 1. The third-order valence-corrected chi connectivity index (χ3v) is 5.89. The monoisotopic (exact) mass is 421 g/mol. The molecular formula is C22H24FN7O. The van der Waals surface area contributed by atoms with E-state index in [1.165, 1.54) is 12.1 Å². The Labute approximate surface area is 179 Å². The van der Waals surface area contributed by atoms with E-state index in [2.05, 4.69) is 27.3 Å². The molecule has 2 aromatic heterocycles. The fraction of sp³-hybridized carbons (Fsp3) is 0.318. The number of nitrogens with one attached hydrogen (secondary N) is 1. The Balaban J connectivity index is 1.27. The summed E-state index contributed by atoms with van der Waals surface area (Å²) in [5.41, 5.74) is 9.92. The van der Waals surface area contributed by atoms with E-state index in [4.69, 9.17) is 5.73 Å². The van der Waals surface area contributed by atoms with Crippen molar-refractivity contribution in [3.05, 3.63) is 59.7 Å². The van der Waals surface area contributed by atoms with E-state index in [-0.39, 0.29) is 11.8 Å². The summed E-state index contributed by atoms with van der Waals surface area (Å²) in [4.78, 5) is 21.4. The highest BCUT2D eigenvalue weighted by Gasteiger charge is 2.30. The Morgan fingerprint density at radius 2 is 1.97 bits per heavy atom. The minimum Gasteiger partial charge on any atom is -0.396 e. The number of rotatable bonds is 4. The van der Waals surface area contributed by atoms with E-state index in [0.717, 1.165) is 36.5 Å². The van der Waals surface area contributed by atoms with Gasteiger partial charge in [-0.1, -0.05) is 0 Å². The number of halogens is 1. The van der Waals surface area contributed by atoms with Gasteiger partial charge in [-0.25, -0.2) is 14.2 Å². The molecule has 9 heteroatoms. The number of nitrogens with zero attached hydrogens (tertiary/aromatic N) is 5. The van der Waals surface area contributed by atoms with Crippen LogP contribution in [0.5, 0.6) is 0 Å². The summed E-state index contributed by atoms with van der Waals surface area (Å²) in [5.74, 6) is 0.584. The molecule has 0 bridgehead atoms. The summed E-state index contributed by atoms with van der Waals surface area (Å²) in [6.45, 7) is 4.04. The third kappa shape index (κ3) is 3.84. The fourth-order valence-electron chi connectivity index (χ4n) is 4.23. The third-order valence-electron chi connectivity index (χ3n) is 5.89. The molecule has 8 nitrogen and oxygen atoms in total. The number of carbonyl (C=O) groups excluding carboxylic acids is 1. The number of nitrogens with two attached hydrogens (primary N) is 1. The molecule has 0 saturated carbocycles. The largest absolute Gasteiger partial charge is 0.396 e. The van der Waals surface area contributed by atoms with Crippen LogP contribution in [0.25, 0.3) is 11.3 Å². The lowest BCUT2D eigenvalue weighted by molar-refractivity contribution is 0.114. The number of aromatic nitrogens is 3. The Kier molecular flexibility index (Phi) is 4.82. The topological polar surface area (TPSA) is 92.3 Å². The zero-order valence-electron chi connectivity index (χ0n) is 17.3. The average molecular weight is 421 g/mol. The summed E-state index contributed by atoms with van der Waals surface area (Å²) < 4.78 is 15.2. The number of hydrogen-bond acceptors (Lipinski definition) is 5. The molecule has 1 aromatic carbocycles. The highest BCUT2D eigenvalue weighted by atomic mass is 19.1. The van der Waals surface area contributed by atoms with Crippen molar-refractivity contribution < 1.29 is 9.18 Å². The van der Waals surface area contributed by atoms with Gasteiger partial charge in [-0.15, -0.1) is 0 Å². The van der Waals surface area contributed by atoms with E-state index in [1.807, 2.05) is 10.9 Å². The van der Waals surface area contributed by atoms with Gasteiger partial charge >= 0.3 is 6.03 Å². The Morgan fingerprint density at radius 3 is 2.71 bits per heavy atom. The van der Waals surface area contributed by atoms with Crippen molar-refractivity contribution in [3.8, 4) is 11.3 Å². The number of benzene rings is 1. The molecule has 1 fully saturated rings. The number of anilines is 2. The highest BCUT2D eigenvalue weighted by molar-refractivity contribution is 5.92. The maximum Gasteiger partial charge on any atom is 0.323 e. The van der Waals surface area contributed by atoms with E-state index in [1.54, 1.807) is 29.2 Å². The Bertz CT molecular complexity index is 1120. The zero-order valence-corrected chi connectivity index (χ0v) is 17.3. The second-order valence-electron chi connectivity index (χ2n) is 8.31. The first kappa shape index (κ1) is 19.5. The van der Waals surface area contributed by atoms with Crippen LogP contribution >= 0.6 is 0 Å². The lowest BCUT2D eigenvalue weighted by Crippen LogP contribution is -2.45. The SMILES string of the molecule is CN1CC(Cn2ncc3c2CN(C(=O)Nc2nc(-c4ccc(F)cc4)ccc2N)C3)C1. The molecule has 0 radical (unpaired) electrons. The molecule has 3 aromatic rings. The molecule has 3 N–H and O–H groups in total. The first-order valence-electron chi connectivity index (χ1n) is 10.3. The smallest absolute Gasteiger partial charge is 0.323 e. The molecule has 2 amide bonds. The van der Waals surface area contributed by atoms with E-state index in [0.29, 0.717) is 36.2 Å². The van der Waals surface area contributed by atoms with Crippen molar-refractivity contribution in [2.24, 2.45) is 5.92 Å². The number of likely N-dealkylation sites (tertiary alicyclic amines) is 1. The maximum absolute atomic E-state index is 13.2. The lowest BCUT2D eigenvalue weighted by atomic mass is 10.0. The van der Waals surface area contributed by atoms with Gasteiger partial charge in [0, 0.05) is 36.7 Å². The summed E-state index contributed by atoms with van der Waals surface area (Å²) >= 11 is 0. The van der Waals surface area contributed by atoms with Gasteiger partial charge in [0.25, 0.3) is 0 Å². The molecule has 5 rings (SSSR count). The molecule has 2 aliphatic heterocycles. The predicted octanol–water partition coefficient (Wildman–Crippen LogP) is 2.78. The molecule has 0 atom stereocenters. The van der Waals surface area contributed by atoms with Crippen molar-refractivity contribution in [1.29, 1.82) is 0 Å². The summed E-state index contributed by atoms with van der Waals surface area (Å²) in [7, 11) is 2.11. The number of nitrogen functional groups attached to an aromatic ring is 1. The van der Waals surface area contributed by atoms with Crippen LogP contribution in [-0.4, -0.2) is 50.7 Å². The van der Waals surface area contributed by atoms with Gasteiger partial charge < -0.3 is 15.5 Å². The minimum absolute atomic E-state index is 0.262. The van der Waals surface area contributed by atoms with Crippen molar-refractivity contribution in [2.75, 3.05) is 31.2 Å². The molecule has 0 spiro atoms. The fourth-order valence-corrected chi connectivity index (χ4v) is 4.23. The van der Waals surface area contributed by atoms with Crippen LogP contribution in [0, 0.1) is 11.7 Å². The predicted molar refractivity (Wildman–Crippen MR) is 116 cm³/mol. The Morgan fingerprint density at radius 1 is 1.19 bits per heavy atom. The zero-order chi connectivity index (χ0) is 21.5. The second-order valence-corrected chi connectivity index (χ2v) is 8.31. The number of pyridine rings is 1. The molecule has 31 heavy (non-hydrogen) atoms. The maximum atomic E-state index is 13.2. The standard InChI is InChI=1S/C22H24FN7O/c1-28-9-14(10-28)11-30-20-13-29(12-16(20)8-25-30)22(31)27-21-18(24)6-7-19(26-21)15-2-4-17(23)5-3-15/h2-8,14H,9-13,24H2,1H3,(H,26,27,31). The highest BCUT2D eigenvalue weighted by Crippen LogP contribution is 2.27. The molecule has 2 aliphatic rings. The number of hydrogen-bond donors (Lipinski definition) is 2. The second kappa shape index (κ2) is 7.66. The first-order chi connectivity index (χ1) is 15.0. The van der Waals surface area contributed by atoms with E-state index in [9.17, 15) is 9.18 Å². The summed E-state index contributed by atoms with van der Waals surface area (Å²) in [6.07, 6.45) is 1.85. The van der Waals surface area contributed by atoms with Crippen molar-refractivity contribution in [1.82, 2.24) is 24.6 Å². The van der Waals surface area contributed by atoms with Crippen LogP contribution in [-0.2, 0) is 19.6 Å². The summed E-state index contributed by atoms with van der Waals surface area (Å²) in [6, 6.07) is 9.20. The van der Waals surface area contributed by atoms with Gasteiger partial charge in [-0.05, 0) is 43.4 Å². The normalized spacial score (nSPS) is 16.3.